The second-order valence-corrected chi connectivity index (χ2v) is 5.98. The Morgan fingerprint density at radius 2 is 2.00 bits per heavy atom. The summed E-state index contributed by atoms with van der Waals surface area (Å²) in [6.45, 7) is 8.11. The number of rotatable bonds is 4. The average Bonchev–Trinajstić information content (AvgIpc) is 2.89. The number of hydrogen-bond donors (Lipinski definition) is 0. The lowest BCUT2D eigenvalue weighted by atomic mass is 9.60. The van der Waals surface area contributed by atoms with Gasteiger partial charge in [0.1, 0.15) is 0 Å². The molecule has 4 heteroatoms. The van der Waals surface area contributed by atoms with Gasteiger partial charge in [0, 0.05) is 11.8 Å². The molecule has 110 valence electrons. The van der Waals surface area contributed by atoms with Crippen LogP contribution in [0.15, 0.2) is 0 Å². The minimum Gasteiger partial charge on any atom is -0.466 e. The molecule has 4 nitrogen and oxygen atoms in total. The van der Waals surface area contributed by atoms with E-state index in [2.05, 4.69) is 13.8 Å². The third kappa shape index (κ3) is 2.95. The average molecular weight is 270 g/mol. The monoisotopic (exact) mass is 270 g/mol. The Balaban J connectivity index is 2.11. The van der Waals surface area contributed by atoms with Crippen molar-refractivity contribution >= 4 is 5.97 Å². The molecule has 2 fully saturated rings. The van der Waals surface area contributed by atoms with Crippen molar-refractivity contribution in [2.75, 3.05) is 19.8 Å². The van der Waals surface area contributed by atoms with Crippen LogP contribution in [0.25, 0.3) is 0 Å². The van der Waals surface area contributed by atoms with E-state index in [1.807, 2.05) is 6.92 Å². The lowest BCUT2D eigenvalue weighted by Gasteiger charge is -2.48. The summed E-state index contributed by atoms with van der Waals surface area (Å²) in [6, 6.07) is 0. The van der Waals surface area contributed by atoms with E-state index in [9.17, 15) is 4.79 Å². The smallest absolute Gasteiger partial charge is 0.306 e. The van der Waals surface area contributed by atoms with Gasteiger partial charge >= 0.3 is 5.97 Å². The molecule has 0 unspecified atom stereocenters. The number of carbonyl (C=O) groups is 1. The topological polar surface area (TPSA) is 44.8 Å². The van der Waals surface area contributed by atoms with Crippen molar-refractivity contribution in [1.29, 1.82) is 0 Å². The normalized spacial score (nSPS) is 36.4. The zero-order chi connectivity index (χ0) is 13.9. The van der Waals surface area contributed by atoms with E-state index in [0.29, 0.717) is 38.1 Å². The molecule has 0 N–H and O–H groups in total. The SMILES string of the molecule is CCOC(=O)C[C@@H]1CCC[C@@H](C)[C@]1(C)C1OCCO1. The molecule has 2 aliphatic rings. The van der Waals surface area contributed by atoms with Gasteiger partial charge in [0.2, 0.25) is 0 Å². The summed E-state index contributed by atoms with van der Waals surface area (Å²) in [5, 5.41) is 0. The highest BCUT2D eigenvalue weighted by atomic mass is 16.7. The first kappa shape index (κ1) is 14.8. The summed E-state index contributed by atoms with van der Waals surface area (Å²) in [6.07, 6.45) is 3.73. The van der Waals surface area contributed by atoms with Crippen LogP contribution in [0.4, 0.5) is 0 Å². The Hall–Kier alpha value is -0.610. The molecule has 0 bridgehead atoms. The Morgan fingerprint density at radius 3 is 2.63 bits per heavy atom. The minimum absolute atomic E-state index is 0.0818. The highest BCUT2D eigenvalue weighted by molar-refractivity contribution is 5.69. The summed E-state index contributed by atoms with van der Waals surface area (Å²) < 4.78 is 16.6. The highest BCUT2D eigenvalue weighted by Gasteiger charge is 2.50. The van der Waals surface area contributed by atoms with Crippen molar-refractivity contribution < 1.29 is 19.0 Å². The summed E-state index contributed by atoms with van der Waals surface area (Å²) in [5.41, 5.74) is -0.0818. The third-order valence-corrected chi connectivity index (χ3v) is 4.98. The van der Waals surface area contributed by atoms with Crippen LogP contribution in [0.3, 0.4) is 0 Å². The molecule has 2 rings (SSSR count). The van der Waals surface area contributed by atoms with Crippen molar-refractivity contribution in [1.82, 2.24) is 0 Å². The quantitative estimate of drug-likeness (QED) is 0.737. The van der Waals surface area contributed by atoms with Crippen LogP contribution in [0.2, 0.25) is 0 Å². The summed E-state index contributed by atoms with van der Waals surface area (Å²) >= 11 is 0. The van der Waals surface area contributed by atoms with Crippen LogP contribution in [0, 0.1) is 17.3 Å². The van der Waals surface area contributed by atoms with Gasteiger partial charge in [-0.05, 0) is 31.6 Å². The van der Waals surface area contributed by atoms with Gasteiger partial charge in [0.25, 0.3) is 0 Å². The highest BCUT2D eigenvalue weighted by Crippen LogP contribution is 2.51. The van der Waals surface area contributed by atoms with Gasteiger partial charge in [-0.15, -0.1) is 0 Å². The minimum atomic E-state index is -0.165. The number of carbonyl (C=O) groups excluding carboxylic acids is 1. The van der Waals surface area contributed by atoms with Crippen LogP contribution < -0.4 is 0 Å². The summed E-state index contributed by atoms with van der Waals surface area (Å²) in [5.74, 6) is 0.702. The predicted octanol–water partition coefficient (Wildman–Crippen LogP) is 2.76. The molecule has 3 atom stereocenters. The van der Waals surface area contributed by atoms with Crippen molar-refractivity contribution in [2.24, 2.45) is 17.3 Å². The molecule has 0 aromatic heterocycles. The molecular weight excluding hydrogens is 244 g/mol. The first-order valence-corrected chi connectivity index (χ1v) is 7.47. The molecule has 0 aromatic carbocycles. The Bertz CT molecular complexity index is 311. The lowest BCUT2D eigenvalue weighted by molar-refractivity contribution is -0.186. The van der Waals surface area contributed by atoms with Crippen LogP contribution in [-0.2, 0) is 19.0 Å². The van der Waals surface area contributed by atoms with Gasteiger partial charge in [-0.3, -0.25) is 4.79 Å². The molecule has 1 aliphatic carbocycles. The molecule has 1 aliphatic heterocycles. The molecule has 1 saturated heterocycles. The van der Waals surface area contributed by atoms with E-state index in [4.69, 9.17) is 14.2 Å². The van der Waals surface area contributed by atoms with Crippen LogP contribution in [0.1, 0.15) is 46.5 Å². The molecule has 1 heterocycles. The Labute approximate surface area is 115 Å². The Kier molecular flexibility index (Phi) is 4.85. The second-order valence-electron chi connectivity index (χ2n) is 5.98. The zero-order valence-electron chi connectivity index (χ0n) is 12.3. The van der Waals surface area contributed by atoms with E-state index in [1.54, 1.807) is 0 Å². The number of ether oxygens (including phenoxy) is 3. The summed E-state index contributed by atoms with van der Waals surface area (Å²) in [7, 11) is 0. The van der Waals surface area contributed by atoms with Gasteiger partial charge in [-0.1, -0.05) is 20.3 Å². The third-order valence-electron chi connectivity index (χ3n) is 4.98. The van der Waals surface area contributed by atoms with E-state index in [1.165, 1.54) is 12.8 Å². The van der Waals surface area contributed by atoms with E-state index in [0.717, 1.165) is 6.42 Å². The molecule has 0 spiro atoms. The molecule has 0 radical (unpaired) electrons. The molecule has 0 amide bonds. The maximum Gasteiger partial charge on any atom is 0.306 e. The maximum absolute atomic E-state index is 11.8. The lowest BCUT2D eigenvalue weighted by Crippen LogP contribution is -2.48. The number of hydrogen-bond acceptors (Lipinski definition) is 4. The number of esters is 1. The zero-order valence-corrected chi connectivity index (χ0v) is 12.3. The van der Waals surface area contributed by atoms with Crippen molar-refractivity contribution in [3.63, 3.8) is 0 Å². The van der Waals surface area contributed by atoms with E-state index < -0.39 is 0 Å². The van der Waals surface area contributed by atoms with Gasteiger partial charge in [0.15, 0.2) is 6.29 Å². The van der Waals surface area contributed by atoms with Crippen LogP contribution >= 0.6 is 0 Å². The van der Waals surface area contributed by atoms with Crippen LogP contribution in [0.5, 0.6) is 0 Å². The first-order chi connectivity index (χ1) is 9.09. The van der Waals surface area contributed by atoms with Crippen molar-refractivity contribution in [2.45, 2.75) is 52.7 Å². The standard InChI is InChI=1S/C15H26O4/c1-4-17-13(16)10-12-7-5-6-11(2)15(12,3)14-18-8-9-19-14/h11-12,14H,4-10H2,1-3H3/t11-,12+,15+/m1/s1. The molecular formula is C15H26O4. The second kappa shape index (κ2) is 6.23. The van der Waals surface area contributed by atoms with Gasteiger partial charge < -0.3 is 14.2 Å². The fourth-order valence-electron chi connectivity index (χ4n) is 3.58. The molecule has 19 heavy (non-hydrogen) atoms. The van der Waals surface area contributed by atoms with Crippen LogP contribution in [-0.4, -0.2) is 32.1 Å². The van der Waals surface area contributed by atoms with Crippen molar-refractivity contribution in [3.8, 4) is 0 Å². The first-order valence-electron chi connectivity index (χ1n) is 7.47. The summed E-state index contributed by atoms with van der Waals surface area (Å²) in [4.78, 5) is 11.8. The maximum atomic E-state index is 11.8. The Morgan fingerprint density at radius 1 is 1.32 bits per heavy atom. The van der Waals surface area contributed by atoms with E-state index >= 15 is 0 Å². The van der Waals surface area contributed by atoms with Gasteiger partial charge in [0.05, 0.1) is 19.8 Å². The fraction of sp³-hybridized carbons (Fsp3) is 0.933. The molecule has 0 aromatic rings. The van der Waals surface area contributed by atoms with Gasteiger partial charge in [-0.25, -0.2) is 0 Å². The predicted molar refractivity (Wildman–Crippen MR) is 71.6 cm³/mol. The largest absolute Gasteiger partial charge is 0.466 e. The van der Waals surface area contributed by atoms with Crippen molar-refractivity contribution in [3.05, 3.63) is 0 Å². The van der Waals surface area contributed by atoms with E-state index in [-0.39, 0.29) is 17.7 Å². The van der Waals surface area contributed by atoms with Gasteiger partial charge in [-0.2, -0.15) is 0 Å². The fourth-order valence-corrected chi connectivity index (χ4v) is 3.58. The molecule has 1 saturated carbocycles.